The third kappa shape index (κ3) is 4.57. The van der Waals surface area contributed by atoms with E-state index in [0.29, 0.717) is 29.4 Å². The van der Waals surface area contributed by atoms with E-state index < -0.39 is 0 Å². The molecule has 1 N–H and O–H groups in total. The fourth-order valence-electron chi connectivity index (χ4n) is 3.19. The van der Waals surface area contributed by atoms with Crippen LogP contribution in [0.1, 0.15) is 42.9 Å². The number of hydrogen-bond donors (Lipinski definition) is 1. The first-order valence-corrected chi connectivity index (χ1v) is 11.4. The predicted molar refractivity (Wildman–Crippen MR) is 125 cm³/mol. The van der Waals surface area contributed by atoms with Crippen molar-refractivity contribution in [2.24, 2.45) is 0 Å². The molecule has 9 heteroatoms. The smallest absolute Gasteiger partial charge is 0.255 e. The van der Waals surface area contributed by atoms with Gasteiger partial charge in [0.05, 0.1) is 19.4 Å². The zero-order valence-electron chi connectivity index (χ0n) is 18.3. The zero-order valence-corrected chi connectivity index (χ0v) is 19.1. The highest BCUT2D eigenvalue weighted by Crippen LogP contribution is 2.33. The third-order valence-corrected chi connectivity index (χ3v) is 5.88. The number of hydrogen-bond acceptors (Lipinski definition) is 7. The Labute approximate surface area is 190 Å². The van der Waals surface area contributed by atoms with Gasteiger partial charge < -0.3 is 14.8 Å². The maximum absolute atomic E-state index is 12.9. The third-order valence-electron chi connectivity index (χ3n) is 4.93. The van der Waals surface area contributed by atoms with Crippen LogP contribution >= 0.6 is 11.3 Å². The lowest BCUT2D eigenvalue weighted by atomic mass is 10.1. The molecule has 4 rings (SSSR count). The number of nitrogens with one attached hydrogen (secondary N) is 1. The Bertz CT molecular complexity index is 1230. The van der Waals surface area contributed by atoms with Crippen molar-refractivity contribution in [2.45, 2.75) is 33.1 Å². The van der Waals surface area contributed by atoms with Crippen LogP contribution in [0.2, 0.25) is 0 Å². The van der Waals surface area contributed by atoms with Gasteiger partial charge in [-0.05, 0) is 42.8 Å². The van der Waals surface area contributed by atoms with Crippen molar-refractivity contribution in [1.82, 2.24) is 19.8 Å². The number of unbranched alkanes of at least 4 members (excludes halogenated alkanes) is 1. The molecular formula is C23H25N5O3S. The Hall–Kier alpha value is -3.46. The molecule has 2 aromatic carbocycles. The lowest BCUT2D eigenvalue weighted by Gasteiger charge is -2.12. The van der Waals surface area contributed by atoms with E-state index in [0.717, 1.165) is 40.6 Å². The monoisotopic (exact) mass is 451 g/mol. The molecule has 2 heterocycles. The number of carbonyl (C=O) groups is 1. The van der Waals surface area contributed by atoms with Crippen LogP contribution in [-0.4, -0.2) is 39.4 Å². The highest BCUT2D eigenvalue weighted by Gasteiger charge is 2.16. The second-order valence-electron chi connectivity index (χ2n) is 7.17. The Kier molecular flexibility index (Phi) is 6.65. The van der Waals surface area contributed by atoms with Gasteiger partial charge in [0.2, 0.25) is 4.96 Å². The molecule has 0 saturated carbocycles. The number of nitrogens with zero attached hydrogens (tertiary/aromatic N) is 4. The van der Waals surface area contributed by atoms with E-state index in [1.165, 1.54) is 11.3 Å². The van der Waals surface area contributed by atoms with Gasteiger partial charge in [-0.25, -0.2) is 0 Å². The molecular weight excluding hydrogens is 426 g/mol. The maximum Gasteiger partial charge on any atom is 0.255 e. The molecule has 166 valence electrons. The highest BCUT2D eigenvalue weighted by atomic mass is 32.1. The minimum absolute atomic E-state index is 0.243. The first kappa shape index (κ1) is 21.8. The number of amides is 1. The van der Waals surface area contributed by atoms with Crippen LogP contribution in [0, 0.1) is 0 Å². The van der Waals surface area contributed by atoms with Gasteiger partial charge in [-0.1, -0.05) is 37.7 Å². The second-order valence-corrected chi connectivity index (χ2v) is 8.13. The number of benzene rings is 2. The van der Waals surface area contributed by atoms with Gasteiger partial charge in [-0.3, -0.25) is 4.79 Å². The van der Waals surface area contributed by atoms with Crippen LogP contribution in [0.25, 0.3) is 15.5 Å². The molecule has 0 aliphatic rings. The van der Waals surface area contributed by atoms with Gasteiger partial charge in [-0.15, -0.1) is 10.2 Å². The van der Waals surface area contributed by atoms with Crippen molar-refractivity contribution >= 4 is 27.9 Å². The molecule has 0 unspecified atom stereocenters. The van der Waals surface area contributed by atoms with Crippen LogP contribution in [0.4, 0.5) is 5.69 Å². The van der Waals surface area contributed by atoms with E-state index in [1.54, 1.807) is 23.8 Å². The molecule has 0 saturated heterocycles. The van der Waals surface area contributed by atoms with Crippen molar-refractivity contribution in [3.63, 3.8) is 0 Å². The molecule has 0 bridgehead atoms. The first-order valence-electron chi connectivity index (χ1n) is 10.6. The summed E-state index contributed by atoms with van der Waals surface area (Å²) in [6, 6.07) is 12.8. The molecule has 4 aromatic rings. The van der Waals surface area contributed by atoms with Crippen molar-refractivity contribution in [2.75, 3.05) is 19.0 Å². The lowest BCUT2D eigenvalue weighted by Crippen LogP contribution is -2.13. The van der Waals surface area contributed by atoms with Crippen LogP contribution < -0.4 is 14.8 Å². The van der Waals surface area contributed by atoms with Gasteiger partial charge in [0, 0.05) is 17.5 Å². The summed E-state index contributed by atoms with van der Waals surface area (Å²) in [6.45, 7) is 4.75. The molecule has 1 amide bonds. The van der Waals surface area contributed by atoms with Crippen LogP contribution in [0.3, 0.4) is 0 Å². The molecule has 0 aliphatic heterocycles. The topological polar surface area (TPSA) is 90.6 Å². The van der Waals surface area contributed by atoms with Gasteiger partial charge in [0.1, 0.15) is 16.5 Å². The molecule has 0 aliphatic carbocycles. The summed E-state index contributed by atoms with van der Waals surface area (Å²) < 4.78 is 12.9. The summed E-state index contributed by atoms with van der Waals surface area (Å²) >= 11 is 1.44. The zero-order chi connectivity index (χ0) is 22.5. The second kappa shape index (κ2) is 9.78. The van der Waals surface area contributed by atoms with Gasteiger partial charge in [-0.2, -0.15) is 9.61 Å². The number of aromatic nitrogens is 4. The van der Waals surface area contributed by atoms with Crippen LogP contribution in [-0.2, 0) is 6.42 Å². The fraction of sp³-hybridized carbons (Fsp3) is 0.304. The van der Waals surface area contributed by atoms with E-state index >= 15 is 0 Å². The fourth-order valence-corrected chi connectivity index (χ4v) is 4.04. The molecule has 0 fully saturated rings. The summed E-state index contributed by atoms with van der Waals surface area (Å²) in [4.78, 5) is 13.7. The van der Waals surface area contributed by atoms with Crippen molar-refractivity contribution in [1.29, 1.82) is 0 Å². The first-order chi connectivity index (χ1) is 15.6. The number of methoxy groups -OCH3 is 1. The number of anilines is 1. The van der Waals surface area contributed by atoms with E-state index in [1.807, 2.05) is 37.3 Å². The minimum atomic E-state index is -0.243. The summed E-state index contributed by atoms with van der Waals surface area (Å²) in [5.74, 6) is 1.81. The van der Waals surface area contributed by atoms with Crippen molar-refractivity contribution in [3.05, 3.63) is 53.9 Å². The Morgan fingerprint density at radius 2 is 2.03 bits per heavy atom. The maximum atomic E-state index is 12.9. The van der Waals surface area contributed by atoms with E-state index in [4.69, 9.17) is 9.47 Å². The average molecular weight is 452 g/mol. The molecule has 32 heavy (non-hydrogen) atoms. The van der Waals surface area contributed by atoms with Crippen LogP contribution in [0.15, 0.2) is 42.5 Å². The van der Waals surface area contributed by atoms with E-state index in [2.05, 4.69) is 27.5 Å². The summed E-state index contributed by atoms with van der Waals surface area (Å²) in [5, 5.41) is 16.7. The van der Waals surface area contributed by atoms with E-state index in [-0.39, 0.29) is 5.91 Å². The molecule has 2 aromatic heterocycles. The number of aryl methyl sites for hydroxylation is 1. The number of carbonyl (C=O) groups excluding carboxylic acids is 1. The minimum Gasteiger partial charge on any atom is -0.495 e. The normalized spacial score (nSPS) is 11.0. The van der Waals surface area contributed by atoms with Gasteiger partial charge in [0.25, 0.3) is 5.91 Å². The predicted octanol–water partition coefficient (Wildman–Crippen LogP) is 4.86. The molecule has 0 atom stereocenters. The van der Waals surface area contributed by atoms with E-state index in [9.17, 15) is 4.79 Å². The molecule has 0 spiro atoms. The summed E-state index contributed by atoms with van der Waals surface area (Å²) in [6.07, 6.45) is 2.77. The summed E-state index contributed by atoms with van der Waals surface area (Å²) in [7, 11) is 1.57. The van der Waals surface area contributed by atoms with Gasteiger partial charge >= 0.3 is 0 Å². The SMILES string of the molecule is CCCCOc1cccc(C(=O)Nc2cc(-c3nn4c(CC)nnc4s3)ccc2OC)c1. The Morgan fingerprint density at radius 3 is 2.81 bits per heavy atom. The lowest BCUT2D eigenvalue weighted by molar-refractivity contribution is 0.102. The van der Waals surface area contributed by atoms with Crippen molar-refractivity contribution in [3.8, 4) is 22.1 Å². The largest absolute Gasteiger partial charge is 0.495 e. The van der Waals surface area contributed by atoms with Gasteiger partial charge in [0.15, 0.2) is 5.82 Å². The molecule has 0 radical (unpaired) electrons. The Balaban J connectivity index is 1.58. The van der Waals surface area contributed by atoms with Crippen molar-refractivity contribution < 1.29 is 14.3 Å². The average Bonchev–Trinajstić information content (AvgIpc) is 3.40. The standard InChI is InChI=1S/C23H25N5O3S/c1-4-6-12-31-17-9-7-8-15(13-17)21(29)24-18-14-16(10-11-19(18)30-3)22-27-28-20(5-2)25-26-23(28)32-22/h7-11,13-14H,4-6,12H2,1-3H3,(H,24,29). The summed E-state index contributed by atoms with van der Waals surface area (Å²) in [5.41, 5.74) is 1.93. The number of fused-ring (bicyclic) bond motifs is 1. The highest BCUT2D eigenvalue weighted by molar-refractivity contribution is 7.19. The Morgan fingerprint density at radius 1 is 1.16 bits per heavy atom. The quantitative estimate of drug-likeness (QED) is 0.366. The van der Waals surface area contributed by atoms with Crippen LogP contribution in [0.5, 0.6) is 11.5 Å². The number of ether oxygens (including phenoxy) is 2. The number of rotatable bonds is 9. The molecule has 8 nitrogen and oxygen atoms in total.